The molecule has 0 saturated heterocycles. The minimum absolute atomic E-state index is 0.327. The summed E-state index contributed by atoms with van der Waals surface area (Å²) in [5.41, 5.74) is 1.77. The zero-order valence-electron chi connectivity index (χ0n) is 8.59. The lowest BCUT2D eigenvalue weighted by atomic mass is 10.1. The maximum absolute atomic E-state index is 9.97. The molecule has 1 fully saturated rings. The van der Waals surface area contributed by atoms with Crippen molar-refractivity contribution in [1.82, 2.24) is 14.6 Å². The Morgan fingerprint density at radius 3 is 3.00 bits per heavy atom. The van der Waals surface area contributed by atoms with Crippen molar-refractivity contribution in [3.8, 4) is 0 Å². The highest BCUT2D eigenvalue weighted by atomic mass is 16.3. The Bertz CT molecular complexity index is 502. The van der Waals surface area contributed by atoms with Crippen LogP contribution in [-0.4, -0.2) is 19.7 Å². The molecule has 4 nitrogen and oxygen atoms in total. The average molecular weight is 203 g/mol. The van der Waals surface area contributed by atoms with Crippen LogP contribution in [0.1, 0.15) is 30.3 Å². The van der Waals surface area contributed by atoms with Gasteiger partial charge in [0.15, 0.2) is 5.65 Å². The first-order valence-corrected chi connectivity index (χ1v) is 5.25. The Hall–Kier alpha value is -1.42. The first-order chi connectivity index (χ1) is 7.25. The van der Waals surface area contributed by atoms with E-state index >= 15 is 0 Å². The number of hydrogen-bond acceptors (Lipinski definition) is 3. The third-order valence-electron chi connectivity index (χ3n) is 3.01. The van der Waals surface area contributed by atoms with Crippen molar-refractivity contribution in [1.29, 1.82) is 0 Å². The van der Waals surface area contributed by atoms with Gasteiger partial charge in [-0.05, 0) is 43.4 Å². The van der Waals surface area contributed by atoms with Gasteiger partial charge in [-0.15, -0.1) is 10.2 Å². The summed E-state index contributed by atoms with van der Waals surface area (Å²) in [6.07, 6.45) is 3.87. The maximum Gasteiger partial charge on any atom is 0.161 e. The fourth-order valence-corrected chi connectivity index (χ4v) is 1.89. The van der Waals surface area contributed by atoms with Gasteiger partial charge in [0.25, 0.3) is 0 Å². The molecule has 1 N–H and O–H groups in total. The van der Waals surface area contributed by atoms with Gasteiger partial charge in [0.2, 0.25) is 0 Å². The second-order valence-electron chi connectivity index (χ2n) is 4.22. The van der Waals surface area contributed by atoms with E-state index in [0.29, 0.717) is 5.92 Å². The molecule has 2 aromatic heterocycles. The van der Waals surface area contributed by atoms with E-state index < -0.39 is 0 Å². The highest BCUT2D eigenvalue weighted by molar-refractivity contribution is 5.42. The maximum atomic E-state index is 9.97. The van der Waals surface area contributed by atoms with Gasteiger partial charge < -0.3 is 5.11 Å². The quantitative estimate of drug-likeness (QED) is 0.804. The Balaban J connectivity index is 2.05. The normalized spacial score (nSPS) is 18.3. The third kappa shape index (κ3) is 1.41. The van der Waals surface area contributed by atoms with Crippen molar-refractivity contribution in [2.24, 2.45) is 5.92 Å². The van der Waals surface area contributed by atoms with E-state index in [1.807, 2.05) is 29.7 Å². The second-order valence-corrected chi connectivity index (χ2v) is 4.22. The average Bonchev–Trinajstić information content (AvgIpc) is 3.03. The van der Waals surface area contributed by atoms with E-state index in [4.69, 9.17) is 0 Å². The Morgan fingerprint density at radius 1 is 1.47 bits per heavy atom. The molecule has 0 radical (unpaired) electrons. The van der Waals surface area contributed by atoms with Crippen LogP contribution in [0.25, 0.3) is 5.65 Å². The van der Waals surface area contributed by atoms with Crippen LogP contribution >= 0.6 is 0 Å². The molecule has 2 heterocycles. The summed E-state index contributed by atoms with van der Waals surface area (Å²) in [4.78, 5) is 0. The highest BCUT2D eigenvalue weighted by Gasteiger charge is 2.30. The van der Waals surface area contributed by atoms with Gasteiger partial charge in [0, 0.05) is 6.20 Å². The molecule has 0 aliphatic heterocycles. The second kappa shape index (κ2) is 3.03. The zero-order chi connectivity index (χ0) is 10.4. The lowest BCUT2D eigenvalue weighted by Crippen LogP contribution is -2.00. The minimum atomic E-state index is -0.327. The van der Waals surface area contributed by atoms with E-state index in [0.717, 1.165) is 29.9 Å². The molecule has 15 heavy (non-hydrogen) atoms. The summed E-state index contributed by atoms with van der Waals surface area (Å²) in [5.74, 6) is 1.33. The summed E-state index contributed by atoms with van der Waals surface area (Å²) in [6.45, 7) is 1.91. The number of hydrogen-bond donors (Lipinski definition) is 1. The summed E-state index contributed by atoms with van der Waals surface area (Å²) in [7, 11) is 0. The minimum Gasteiger partial charge on any atom is -0.388 e. The number of nitrogens with zero attached hydrogens (tertiary/aromatic N) is 3. The van der Waals surface area contributed by atoms with E-state index in [-0.39, 0.29) is 6.10 Å². The molecule has 0 bridgehead atoms. The van der Waals surface area contributed by atoms with Crippen LogP contribution in [0.2, 0.25) is 0 Å². The molecule has 2 aromatic rings. The smallest absolute Gasteiger partial charge is 0.161 e. The summed E-state index contributed by atoms with van der Waals surface area (Å²) < 4.78 is 1.92. The third-order valence-corrected chi connectivity index (χ3v) is 3.01. The van der Waals surface area contributed by atoms with E-state index in [1.54, 1.807) is 0 Å². The van der Waals surface area contributed by atoms with Crippen molar-refractivity contribution in [2.45, 2.75) is 25.9 Å². The number of fused-ring (bicyclic) bond motifs is 1. The van der Waals surface area contributed by atoms with Gasteiger partial charge in [0.1, 0.15) is 5.82 Å². The van der Waals surface area contributed by atoms with Gasteiger partial charge in [-0.2, -0.15) is 0 Å². The molecule has 1 unspecified atom stereocenters. The number of aliphatic hydroxyl groups excluding tert-OH is 1. The van der Waals surface area contributed by atoms with Crippen LogP contribution in [0.15, 0.2) is 18.3 Å². The molecule has 1 aliphatic carbocycles. The molecular formula is C11H13N3O. The van der Waals surface area contributed by atoms with Crippen molar-refractivity contribution in [3.63, 3.8) is 0 Å². The Morgan fingerprint density at radius 2 is 2.27 bits per heavy atom. The topological polar surface area (TPSA) is 50.4 Å². The summed E-state index contributed by atoms with van der Waals surface area (Å²) in [5, 5.41) is 18.0. The van der Waals surface area contributed by atoms with Crippen LogP contribution < -0.4 is 0 Å². The van der Waals surface area contributed by atoms with Gasteiger partial charge >= 0.3 is 0 Å². The zero-order valence-corrected chi connectivity index (χ0v) is 8.59. The Kier molecular flexibility index (Phi) is 1.79. The monoisotopic (exact) mass is 203 g/mol. The van der Waals surface area contributed by atoms with Gasteiger partial charge in [-0.25, -0.2) is 0 Å². The SMILES string of the molecule is Cc1nnc2cc(C(O)C3CC3)ccn12. The lowest BCUT2D eigenvalue weighted by Gasteiger charge is -2.09. The van der Waals surface area contributed by atoms with E-state index in [9.17, 15) is 5.11 Å². The molecule has 1 atom stereocenters. The highest BCUT2D eigenvalue weighted by Crippen LogP contribution is 2.40. The number of aromatic nitrogens is 3. The van der Waals surface area contributed by atoms with E-state index in [2.05, 4.69) is 10.2 Å². The number of aliphatic hydroxyl groups is 1. The first kappa shape index (κ1) is 8.85. The van der Waals surface area contributed by atoms with Crippen LogP contribution in [0.5, 0.6) is 0 Å². The fraction of sp³-hybridized carbons (Fsp3) is 0.455. The standard InChI is InChI=1S/C11H13N3O/c1-7-12-13-10-6-9(4-5-14(7)10)11(15)8-2-3-8/h4-6,8,11,15H,2-3H2,1H3. The van der Waals surface area contributed by atoms with Crippen LogP contribution in [0.4, 0.5) is 0 Å². The van der Waals surface area contributed by atoms with Gasteiger partial charge in [-0.3, -0.25) is 4.40 Å². The number of rotatable bonds is 2. The number of aryl methyl sites for hydroxylation is 1. The number of pyridine rings is 1. The van der Waals surface area contributed by atoms with E-state index in [1.165, 1.54) is 0 Å². The van der Waals surface area contributed by atoms with Crippen LogP contribution in [-0.2, 0) is 0 Å². The van der Waals surface area contributed by atoms with Crippen molar-refractivity contribution >= 4 is 5.65 Å². The summed E-state index contributed by atoms with van der Waals surface area (Å²) in [6, 6.07) is 3.87. The molecule has 1 aliphatic rings. The first-order valence-electron chi connectivity index (χ1n) is 5.25. The fourth-order valence-electron chi connectivity index (χ4n) is 1.89. The molecule has 0 amide bonds. The van der Waals surface area contributed by atoms with Gasteiger partial charge in [0.05, 0.1) is 6.10 Å². The van der Waals surface area contributed by atoms with Crippen LogP contribution in [0, 0.1) is 12.8 Å². The lowest BCUT2D eigenvalue weighted by molar-refractivity contribution is 0.154. The molecule has 3 rings (SSSR count). The molecule has 4 heteroatoms. The summed E-state index contributed by atoms with van der Waals surface area (Å²) >= 11 is 0. The van der Waals surface area contributed by atoms with Crippen molar-refractivity contribution in [3.05, 3.63) is 29.7 Å². The molecule has 0 aromatic carbocycles. The predicted molar refractivity (Wildman–Crippen MR) is 55.4 cm³/mol. The molecule has 0 spiro atoms. The molecule has 78 valence electrons. The Labute approximate surface area is 87.6 Å². The van der Waals surface area contributed by atoms with Crippen LogP contribution in [0.3, 0.4) is 0 Å². The molecular weight excluding hydrogens is 190 g/mol. The van der Waals surface area contributed by atoms with Crippen molar-refractivity contribution in [2.75, 3.05) is 0 Å². The van der Waals surface area contributed by atoms with Gasteiger partial charge in [-0.1, -0.05) is 0 Å². The van der Waals surface area contributed by atoms with Crippen molar-refractivity contribution < 1.29 is 5.11 Å². The largest absolute Gasteiger partial charge is 0.388 e. The predicted octanol–water partition coefficient (Wildman–Crippen LogP) is 1.48. The molecule has 1 saturated carbocycles.